The van der Waals surface area contributed by atoms with E-state index in [9.17, 15) is 8.42 Å². The molecule has 2 atom stereocenters. The molecular formula is C14H22N4O2S. The standard InChI is InChI=1S/C14H22N4O2S/c1-16-21(19,20)14-5-4-10(9-11(14)15)17-12-6-8-18-7-2-3-13(12)18/h4-5,9,12-13,16-17H,2-3,6-8,15H2,1H3. The molecule has 0 saturated carbocycles. The number of rotatable bonds is 4. The smallest absolute Gasteiger partial charge is 0.242 e. The largest absolute Gasteiger partial charge is 0.398 e. The van der Waals surface area contributed by atoms with Gasteiger partial charge in [0.05, 0.1) is 5.69 Å². The molecule has 2 fully saturated rings. The van der Waals surface area contributed by atoms with Crippen LogP contribution in [0.5, 0.6) is 0 Å². The summed E-state index contributed by atoms with van der Waals surface area (Å²) in [6, 6.07) is 6.09. The molecule has 6 nitrogen and oxygen atoms in total. The highest BCUT2D eigenvalue weighted by molar-refractivity contribution is 7.89. The zero-order valence-corrected chi connectivity index (χ0v) is 13.0. The first-order valence-electron chi connectivity index (χ1n) is 7.35. The van der Waals surface area contributed by atoms with Gasteiger partial charge in [-0.3, -0.25) is 4.90 Å². The fourth-order valence-electron chi connectivity index (χ4n) is 3.46. The Morgan fingerprint density at radius 1 is 1.29 bits per heavy atom. The summed E-state index contributed by atoms with van der Waals surface area (Å²) >= 11 is 0. The third kappa shape index (κ3) is 2.73. The van der Waals surface area contributed by atoms with E-state index in [1.165, 1.54) is 26.4 Å². The third-order valence-electron chi connectivity index (χ3n) is 4.53. The number of fused-ring (bicyclic) bond motifs is 1. The van der Waals surface area contributed by atoms with Crippen LogP contribution in [0.4, 0.5) is 11.4 Å². The van der Waals surface area contributed by atoms with Crippen LogP contribution in [-0.2, 0) is 10.0 Å². The number of anilines is 2. The molecule has 1 aromatic carbocycles. The molecular weight excluding hydrogens is 288 g/mol. The van der Waals surface area contributed by atoms with Crippen LogP contribution in [0.3, 0.4) is 0 Å². The Hall–Kier alpha value is -1.31. The number of nitrogen functional groups attached to an aromatic ring is 1. The molecule has 2 aliphatic heterocycles. The Balaban J connectivity index is 1.77. The van der Waals surface area contributed by atoms with Crippen molar-refractivity contribution in [2.24, 2.45) is 0 Å². The van der Waals surface area contributed by atoms with E-state index in [1.807, 2.05) is 0 Å². The van der Waals surface area contributed by atoms with Crippen molar-refractivity contribution >= 4 is 21.4 Å². The molecule has 21 heavy (non-hydrogen) atoms. The molecule has 1 aromatic rings. The van der Waals surface area contributed by atoms with Gasteiger partial charge in [-0.05, 0) is 51.1 Å². The second-order valence-electron chi connectivity index (χ2n) is 5.75. The summed E-state index contributed by atoms with van der Waals surface area (Å²) in [5.41, 5.74) is 7.06. The lowest BCUT2D eigenvalue weighted by molar-refractivity contribution is 0.318. The maximum atomic E-state index is 11.8. The van der Waals surface area contributed by atoms with Crippen LogP contribution in [0.25, 0.3) is 0 Å². The normalized spacial score (nSPS) is 26.0. The molecule has 2 aliphatic rings. The highest BCUT2D eigenvalue weighted by Gasteiger charge is 2.37. The van der Waals surface area contributed by atoms with Crippen molar-refractivity contribution in [3.8, 4) is 0 Å². The molecule has 116 valence electrons. The average Bonchev–Trinajstić information content (AvgIpc) is 3.04. The van der Waals surface area contributed by atoms with Gasteiger partial charge in [0, 0.05) is 24.3 Å². The zero-order valence-electron chi connectivity index (χ0n) is 12.2. The van der Waals surface area contributed by atoms with E-state index >= 15 is 0 Å². The second kappa shape index (κ2) is 5.47. The third-order valence-corrected chi connectivity index (χ3v) is 6.01. The van der Waals surface area contributed by atoms with Gasteiger partial charge in [-0.25, -0.2) is 13.1 Å². The molecule has 3 rings (SSSR count). The first-order chi connectivity index (χ1) is 10.0. The van der Waals surface area contributed by atoms with Gasteiger partial charge in [0.1, 0.15) is 4.90 Å². The second-order valence-corrected chi connectivity index (χ2v) is 7.60. The van der Waals surface area contributed by atoms with Gasteiger partial charge in [0.25, 0.3) is 0 Å². The van der Waals surface area contributed by atoms with Gasteiger partial charge < -0.3 is 11.1 Å². The Bertz CT molecular complexity index is 632. The molecule has 4 N–H and O–H groups in total. The van der Waals surface area contributed by atoms with E-state index in [0.717, 1.165) is 18.7 Å². The molecule has 0 aliphatic carbocycles. The van der Waals surface area contributed by atoms with Gasteiger partial charge >= 0.3 is 0 Å². The first kappa shape index (κ1) is 14.6. The van der Waals surface area contributed by atoms with Crippen LogP contribution in [0.15, 0.2) is 23.1 Å². The summed E-state index contributed by atoms with van der Waals surface area (Å²) in [5.74, 6) is 0. The van der Waals surface area contributed by atoms with Crippen molar-refractivity contribution in [2.75, 3.05) is 31.2 Å². The lowest BCUT2D eigenvalue weighted by atomic mass is 10.1. The summed E-state index contributed by atoms with van der Waals surface area (Å²) < 4.78 is 25.9. The quantitative estimate of drug-likeness (QED) is 0.717. The molecule has 0 aromatic heterocycles. The monoisotopic (exact) mass is 310 g/mol. The SMILES string of the molecule is CNS(=O)(=O)c1ccc(NC2CCN3CCCC23)cc1N. The maximum absolute atomic E-state index is 11.8. The molecule has 2 heterocycles. The highest BCUT2D eigenvalue weighted by Crippen LogP contribution is 2.31. The average molecular weight is 310 g/mol. The van der Waals surface area contributed by atoms with Crippen LogP contribution in [0.1, 0.15) is 19.3 Å². The minimum atomic E-state index is -3.50. The summed E-state index contributed by atoms with van der Waals surface area (Å²) in [7, 11) is -2.12. The minimum absolute atomic E-state index is 0.129. The van der Waals surface area contributed by atoms with Crippen LogP contribution < -0.4 is 15.8 Å². The van der Waals surface area contributed by atoms with Crippen molar-refractivity contribution in [3.05, 3.63) is 18.2 Å². The predicted molar refractivity (Wildman–Crippen MR) is 83.7 cm³/mol. The highest BCUT2D eigenvalue weighted by atomic mass is 32.2. The van der Waals surface area contributed by atoms with Gasteiger partial charge in [-0.1, -0.05) is 0 Å². The lowest BCUT2D eigenvalue weighted by Gasteiger charge is -2.22. The summed E-state index contributed by atoms with van der Waals surface area (Å²) in [6.07, 6.45) is 3.63. The minimum Gasteiger partial charge on any atom is -0.398 e. The van der Waals surface area contributed by atoms with Crippen LogP contribution >= 0.6 is 0 Å². The Morgan fingerprint density at radius 3 is 2.81 bits per heavy atom. The van der Waals surface area contributed by atoms with Crippen LogP contribution in [0, 0.1) is 0 Å². The fourth-order valence-corrected chi connectivity index (χ4v) is 4.29. The van der Waals surface area contributed by atoms with E-state index in [4.69, 9.17) is 5.73 Å². The van der Waals surface area contributed by atoms with Gasteiger partial charge in [0.15, 0.2) is 0 Å². The number of nitrogens with two attached hydrogens (primary N) is 1. The van der Waals surface area contributed by atoms with Crippen molar-refractivity contribution < 1.29 is 8.42 Å². The van der Waals surface area contributed by atoms with Crippen molar-refractivity contribution in [2.45, 2.75) is 36.2 Å². The van der Waals surface area contributed by atoms with E-state index in [2.05, 4.69) is 14.9 Å². The summed E-state index contributed by atoms with van der Waals surface area (Å²) in [6.45, 7) is 2.34. The van der Waals surface area contributed by atoms with E-state index in [1.54, 1.807) is 18.2 Å². The van der Waals surface area contributed by atoms with Crippen molar-refractivity contribution in [1.29, 1.82) is 0 Å². The van der Waals surface area contributed by atoms with Crippen molar-refractivity contribution in [1.82, 2.24) is 9.62 Å². The predicted octanol–water partition coefficient (Wildman–Crippen LogP) is 0.825. The molecule has 0 bridgehead atoms. The Kier molecular flexibility index (Phi) is 3.81. The number of hydrogen-bond donors (Lipinski definition) is 3. The topological polar surface area (TPSA) is 87.5 Å². The molecule has 0 spiro atoms. The van der Waals surface area contributed by atoms with Gasteiger partial charge in [0.2, 0.25) is 10.0 Å². The zero-order chi connectivity index (χ0) is 15.0. The van der Waals surface area contributed by atoms with Crippen molar-refractivity contribution in [3.63, 3.8) is 0 Å². The van der Waals surface area contributed by atoms with Crippen LogP contribution in [-0.4, -0.2) is 45.5 Å². The Morgan fingerprint density at radius 2 is 2.10 bits per heavy atom. The summed E-state index contributed by atoms with van der Waals surface area (Å²) in [5, 5.41) is 3.51. The van der Waals surface area contributed by atoms with Crippen LogP contribution in [0.2, 0.25) is 0 Å². The van der Waals surface area contributed by atoms with E-state index in [0.29, 0.717) is 12.1 Å². The molecule has 0 amide bonds. The molecule has 2 unspecified atom stereocenters. The molecule has 2 saturated heterocycles. The van der Waals surface area contributed by atoms with Gasteiger partial charge in [-0.2, -0.15) is 0 Å². The maximum Gasteiger partial charge on any atom is 0.242 e. The molecule has 0 radical (unpaired) electrons. The van der Waals surface area contributed by atoms with Gasteiger partial charge in [-0.15, -0.1) is 0 Å². The summed E-state index contributed by atoms with van der Waals surface area (Å²) in [4.78, 5) is 2.66. The number of nitrogens with one attached hydrogen (secondary N) is 2. The number of sulfonamides is 1. The van der Waals surface area contributed by atoms with E-state index < -0.39 is 10.0 Å². The molecule has 7 heteroatoms. The lowest BCUT2D eigenvalue weighted by Crippen LogP contribution is -2.33. The van der Waals surface area contributed by atoms with E-state index in [-0.39, 0.29) is 10.6 Å². The Labute approximate surface area is 125 Å². The number of benzene rings is 1. The fraction of sp³-hybridized carbons (Fsp3) is 0.571. The number of hydrogen-bond acceptors (Lipinski definition) is 5. The first-order valence-corrected chi connectivity index (χ1v) is 8.83. The number of nitrogens with zero attached hydrogens (tertiary/aromatic N) is 1.